The quantitative estimate of drug-likeness (QED) is 0.144. The van der Waals surface area contributed by atoms with Crippen LogP contribution in [0.4, 0.5) is 0 Å². The highest BCUT2D eigenvalue weighted by Gasteiger charge is 2.33. The molecule has 0 aliphatic heterocycles. The Morgan fingerprint density at radius 1 is 0.794 bits per heavy atom. The van der Waals surface area contributed by atoms with E-state index in [-0.39, 0.29) is 31.1 Å². The number of rotatable bonds is 16. The van der Waals surface area contributed by atoms with Crippen LogP contribution in [0.1, 0.15) is 59.8 Å². The molecule has 0 aromatic carbocycles. The Morgan fingerprint density at radius 3 is 1.79 bits per heavy atom. The number of carboxylic acid groups (broad SMARTS) is 3. The van der Waals surface area contributed by atoms with Gasteiger partial charge in [-0.3, -0.25) is 24.0 Å². The molecule has 34 heavy (non-hydrogen) atoms. The molecular weight excluding hydrogens is 452 g/mol. The zero-order valence-corrected chi connectivity index (χ0v) is 19.9. The van der Waals surface area contributed by atoms with Crippen LogP contribution in [0.2, 0.25) is 0 Å². The minimum atomic E-state index is -1.69. The van der Waals surface area contributed by atoms with Crippen LogP contribution < -0.4 is 21.7 Å². The molecule has 13 heteroatoms. The predicted octanol–water partition coefficient (Wildman–Crippen LogP) is -0.716. The topological polar surface area (TPSA) is 225 Å². The normalized spacial score (nSPS) is 15.4. The van der Waals surface area contributed by atoms with E-state index in [1.165, 1.54) is 0 Å². The van der Waals surface area contributed by atoms with Crippen molar-refractivity contribution in [3.05, 3.63) is 0 Å². The summed E-state index contributed by atoms with van der Waals surface area (Å²) in [6.45, 7) is 7.02. The summed E-state index contributed by atoms with van der Waals surface area (Å²) in [4.78, 5) is 71.0. The van der Waals surface area contributed by atoms with Crippen molar-refractivity contribution in [3.63, 3.8) is 0 Å². The number of carboxylic acids is 3. The van der Waals surface area contributed by atoms with Gasteiger partial charge in [-0.25, -0.2) is 4.79 Å². The smallest absolute Gasteiger partial charge is 0.326 e. The van der Waals surface area contributed by atoms with E-state index in [0.717, 1.165) is 0 Å². The third-order valence-corrected chi connectivity index (χ3v) is 5.13. The van der Waals surface area contributed by atoms with Gasteiger partial charge in [0.1, 0.15) is 18.1 Å². The number of amides is 3. The Morgan fingerprint density at radius 2 is 1.35 bits per heavy atom. The van der Waals surface area contributed by atoms with E-state index in [2.05, 4.69) is 16.0 Å². The maximum Gasteiger partial charge on any atom is 0.326 e. The van der Waals surface area contributed by atoms with Crippen LogP contribution in [0.25, 0.3) is 0 Å². The number of hydrogen-bond donors (Lipinski definition) is 7. The molecule has 5 atom stereocenters. The highest BCUT2D eigenvalue weighted by Crippen LogP contribution is 2.12. The van der Waals surface area contributed by atoms with Gasteiger partial charge in [0, 0.05) is 6.42 Å². The van der Waals surface area contributed by atoms with Crippen molar-refractivity contribution in [2.45, 2.75) is 84.0 Å². The average molecular weight is 489 g/mol. The molecule has 0 fully saturated rings. The van der Waals surface area contributed by atoms with Crippen molar-refractivity contribution in [2.75, 3.05) is 0 Å². The van der Waals surface area contributed by atoms with E-state index in [1.807, 2.05) is 0 Å². The number of carbonyl (C=O) groups excluding carboxylic acids is 3. The number of aliphatic carboxylic acids is 3. The minimum Gasteiger partial charge on any atom is -0.481 e. The van der Waals surface area contributed by atoms with Crippen molar-refractivity contribution < 1.29 is 44.1 Å². The standard InChI is InChI=1S/C21H36N4O9/c1-5-11(4)17(25-18(30)12(22)6-7-15(26)27)20(32)23-13(8-10(2)3)19(31)24-14(21(33)34)9-16(28)29/h10-14,17H,5-9,22H2,1-4H3,(H,23,32)(H,24,31)(H,25,30)(H,26,27)(H,28,29)(H,33,34). The van der Waals surface area contributed by atoms with E-state index in [1.54, 1.807) is 27.7 Å². The average Bonchev–Trinajstić information content (AvgIpc) is 2.72. The molecule has 0 aliphatic rings. The van der Waals surface area contributed by atoms with Crippen molar-refractivity contribution in [2.24, 2.45) is 17.6 Å². The Kier molecular flexibility index (Phi) is 13.4. The van der Waals surface area contributed by atoms with Gasteiger partial charge < -0.3 is 37.0 Å². The predicted molar refractivity (Wildman–Crippen MR) is 119 cm³/mol. The monoisotopic (exact) mass is 488 g/mol. The second kappa shape index (κ2) is 14.8. The molecule has 0 aliphatic carbocycles. The third-order valence-electron chi connectivity index (χ3n) is 5.13. The van der Waals surface area contributed by atoms with Crippen LogP contribution in [0.3, 0.4) is 0 Å². The zero-order chi connectivity index (χ0) is 26.6. The summed E-state index contributed by atoms with van der Waals surface area (Å²) in [6.07, 6.45) is -0.704. The van der Waals surface area contributed by atoms with Crippen LogP contribution in [-0.4, -0.2) is 75.1 Å². The third kappa shape index (κ3) is 11.6. The van der Waals surface area contributed by atoms with Gasteiger partial charge in [0.05, 0.1) is 12.5 Å². The summed E-state index contributed by atoms with van der Waals surface area (Å²) >= 11 is 0. The molecule has 0 rings (SSSR count). The highest BCUT2D eigenvalue weighted by molar-refractivity contribution is 5.94. The maximum atomic E-state index is 13.0. The fraction of sp³-hybridized carbons (Fsp3) is 0.714. The molecule has 0 aromatic rings. The highest BCUT2D eigenvalue weighted by atomic mass is 16.4. The molecule has 194 valence electrons. The fourth-order valence-corrected chi connectivity index (χ4v) is 2.98. The van der Waals surface area contributed by atoms with Crippen LogP contribution in [-0.2, 0) is 28.8 Å². The SMILES string of the molecule is CCC(C)C(NC(=O)C(N)CCC(=O)O)C(=O)NC(CC(C)C)C(=O)NC(CC(=O)O)C(=O)O. The Bertz CT molecular complexity index is 757. The van der Waals surface area contributed by atoms with Gasteiger partial charge in [-0.05, 0) is 24.7 Å². The molecular formula is C21H36N4O9. The number of hydrogen-bond acceptors (Lipinski definition) is 7. The first-order chi connectivity index (χ1) is 15.7. The number of carbonyl (C=O) groups is 6. The fourth-order valence-electron chi connectivity index (χ4n) is 2.98. The lowest BCUT2D eigenvalue weighted by atomic mass is 9.96. The molecule has 0 radical (unpaired) electrons. The summed E-state index contributed by atoms with van der Waals surface area (Å²) in [7, 11) is 0. The summed E-state index contributed by atoms with van der Waals surface area (Å²) in [5.41, 5.74) is 5.72. The van der Waals surface area contributed by atoms with Gasteiger partial charge in [-0.15, -0.1) is 0 Å². The number of nitrogens with two attached hydrogens (primary N) is 1. The molecule has 5 unspecified atom stereocenters. The van der Waals surface area contributed by atoms with Crippen molar-refractivity contribution >= 4 is 35.6 Å². The first-order valence-electron chi connectivity index (χ1n) is 11.0. The second-order valence-corrected chi connectivity index (χ2v) is 8.60. The van der Waals surface area contributed by atoms with Crippen molar-refractivity contribution in [1.29, 1.82) is 0 Å². The van der Waals surface area contributed by atoms with Gasteiger partial charge in [-0.2, -0.15) is 0 Å². The first-order valence-corrected chi connectivity index (χ1v) is 11.0. The summed E-state index contributed by atoms with van der Waals surface area (Å²) in [6, 6.07) is -5.12. The van der Waals surface area contributed by atoms with Crippen LogP contribution >= 0.6 is 0 Å². The molecule has 0 saturated heterocycles. The van der Waals surface area contributed by atoms with Crippen LogP contribution in [0.15, 0.2) is 0 Å². The Labute approximate surface area is 197 Å². The van der Waals surface area contributed by atoms with Crippen molar-refractivity contribution in [3.8, 4) is 0 Å². The Balaban J connectivity index is 5.55. The zero-order valence-electron chi connectivity index (χ0n) is 19.9. The maximum absolute atomic E-state index is 13.0. The minimum absolute atomic E-state index is 0.0973. The van der Waals surface area contributed by atoms with Crippen LogP contribution in [0, 0.1) is 11.8 Å². The summed E-state index contributed by atoms with van der Waals surface area (Å²) in [5.74, 6) is -6.86. The lowest BCUT2D eigenvalue weighted by Crippen LogP contribution is -2.59. The lowest BCUT2D eigenvalue weighted by Gasteiger charge is -2.28. The largest absolute Gasteiger partial charge is 0.481 e. The molecule has 3 amide bonds. The van der Waals surface area contributed by atoms with Gasteiger partial charge >= 0.3 is 17.9 Å². The molecule has 0 bridgehead atoms. The molecule has 0 heterocycles. The van der Waals surface area contributed by atoms with E-state index in [0.29, 0.717) is 6.42 Å². The van der Waals surface area contributed by atoms with E-state index >= 15 is 0 Å². The Hall–Kier alpha value is -3.22. The lowest BCUT2D eigenvalue weighted by molar-refractivity contribution is -0.147. The van der Waals surface area contributed by atoms with E-state index in [4.69, 9.17) is 15.9 Å². The van der Waals surface area contributed by atoms with Gasteiger partial charge in [0.15, 0.2) is 0 Å². The second-order valence-electron chi connectivity index (χ2n) is 8.60. The van der Waals surface area contributed by atoms with Crippen molar-refractivity contribution in [1.82, 2.24) is 16.0 Å². The number of nitrogens with one attached hydrogen (secondary N) is 3. The van der Waals surface area contributed by atoms with Gasteiger partial charge in [0.2, 0.25) is 17.7 Å². The van der Waals surface area contributed by atoms with E-state index < -0.39 is 66.2 Å². The molecule has 8 N–H and O–H groups in total. The first kappa shape index (κ1) is 30.8. The molecule has 0 saturated carbocycles. The van der Waals surface area contributed by atoms with Crippen LogP contribution in [0.5, 0.6) is 0 Å². The molecule has 13 nitrogen and oxygen atoms in total. The summed E-state index contributed by atoms with van der Waals surface area (Å²) < 4.78 is 0. The molecule has 0 spiro atoms. The van der Waals surface area contributed by atoms with Gasteiger partial charge in [-0.1, -0.05) is 34.1 Å². The summed E-state index contributed by atoms with van der Waals surface area (Å²) in [5, 5.41) is 33.9. The van der Waals surface area contributed by atoms with E-state index in [9.17, 15) is 33.9 Å². The van der Waals surface area contributed by atoms with Gasteiger partial charge in [0.25, 0.3) is 0 Å². The molecule has 0 aromatic heterocycles.